The summed E-state index contributed by atoms with van der Waals surface area (Å²) in [5.41, 5.74) is 3.38. The van der Waals surface area contributed by atoms with Crippen molar-refractivity contribution in [3.05, 3.63) is 30.0 Å². The molecule has 2 heterocycles. The van der Waals surface area contributed by atoms with E-state index < -0.39 is 6.55 Å². The highest BCUT2D eigenvalue weighted by atomic mass is 32.1. The number of halogens is 2. The first-order chi connectivity index (χ1) is 8.65. The van der Waals surface area contributed by atoms with Crippen LogP contribution in [0.5, 0.6) is 5.75 Å². The smallest absolute Gasteiger partial charge is 0.333 e. The summed E-state index contributed by atoms with van der Waals surface area (Å²) >= 11 is 1.33. The van der Waals surface area contributed by atoms with Gasteiger partial charge in [-0.1, -0.05) is 0 Å². The van der Waals surface area contributed by atoms with Crippen LogP contribution in [0.1, 0.15) is 6.55 Å². The lowest BCUT2D eigenvalue weighted by Gasteiger charge is -2.00. The molecule has 3 rings (SSSR count). The lowest BCUT2D eigenvalue weighted by Crippen LogP contribution is -1.96. The maximum atomic E-state index is 12.4. The third kappa shape index (κ3) is 1.72. The van der Waals surface area contributed by atoms with E-state index >= 15 is 0 Å². The molecule has 0 aliphatic carbocycles. The van der Waals surface area contributed by atoms with E-state index in [-0.39, 0.29) is 5.75 Å². The van der Waals surface area contributed by atoms with Crippen molar-refractivity contribution in [2.45, 2.75) is 6.55 Å². The van der Waals surface area contributed by atoms with Gasteiger partial charge in [-0.3, -0.25) is 0 Å². The highest BCUT2D eigenvalue weighted by Gasteiger charge is 2.11. The third-order valence-corrected chi connectivity index (χ3v) is 3.41. The molecule has 0 amide bonds. The Hall–Kier alpha value is -2.02. The van der Waals surface area contributed by atoms with E-state index in [1.807, 2.05) is 0 Å². The van der Waals surface area contributed by atoms with Crippen molar-refractivity contribution < 1.29 is 13.9 Å². The largest absolute Gasteiger partial charge is 0.506 e. The monoisotopic (exact) mass is 267 g/mol. The molecule has 1 aromatic carbocycles. The number of alkyl halides is 2. The summed E-state index contributed by atoms with van der Waals surface area (Å²) in [6, 6.07) is 3.26. The van der Waals surface area contributed by atoms with Crippen molar-refractivity contribution in [3.63, 3.8) is 0 Å². The second kappa shape index (κ2) is 4.02. The molecule has 0 fully saturated rings. The lowest BCUT2D eigenvalue weighted by molar-refractivity contribution is 0.0566. The van der Waals surface area contributed by atoms with E-state index in [0.29, 0.717) is 26.0 Å². The Balaban J connectivity index is 2.12. The Kier molecular flexibility index (Phi) is 2.48. The average molecular weight is 267 g/mol. The van der Waals surface area contributed by atoms with Gasteiger partial charge in [0.1, 0.15) is 5.75 Å². The summed E-state index contributed by atoms with van der Waals surface area (Å²) < 4.78 is 26.1. The first-order valence-electron chi connectivity index (χ1n) is 5.04. The Morgan fingerprint density at radius 2 is 2.11 bits per heavy atom. The molecule has 1 N–H and O–H groups in total. The summed E-state index contributed by atoms with van der Waals surface area (Å²) in [5, 5.41) is 13.4. The number of rotatable bonds is 2. The second-order valence-electron chi connectivity index (χ2n) is 3.68. The molecule has 3 aromatic rings. The average Bonchev–Trinajstić information content (AvgIpc) is 2.97. The Morgan fingerprint density at radius 1 is 1.28 bits per heavy atom. The molecule has 92 valence electrons. The van der Waals surface area contributed by atoms with E-state index in [9.17, 15) is 13.9 Å². The summed E-state index contributed by atoms with van der Waals surface area (Å²) in [5.74, 6) is 0.0924. The number of aromatic hydroxyl groups is 1. The van der Waals surface area contributed by atoms with E-state index in [2.05, 4.69) is 10.1 Å². The van der Waals surface area contributed by atoms with Crippen LogP contribution in [-0.2, 0) is 0 Å². The third-order valence-electron chi connectivity index (χ3n) is 2.55. The minimum atomic E-state index is -2.67. The van der Waals surface area contributed by atoms with E-state index in [1.54, 1.807) is 11.6 Å². The zero-order valence-electron chi connectivity index (χ0n) is 8.92. The lowest BCUT2D eigenvalue weighted by atomic mass is 10.1. The summed E-state index contributed by atoms with van der Waals surface area (Å²) in [6.45, 7) is -2.67. The van der Waals surface area contributed by atoms with Crippen molar-refractivity contribution in [1.82, 2.24) is 14.8 Å². The zero-order chi connectivity index (χ0) is 12.7. The van der Waals surface area contributed by atoms with Gasteiger partial charge in [0.15, 0.2) is 0 Å². The maximum Gasteiger partial charge on any atom is 0.333 e. The quantitative estimate of drug-likeness (QED) is 0.775. The number of fused-ring (bicyclic) bond motifs is 1. The first-order valence-corrected chi connectivity index (χ1v) is 5.92. The number of aromatic nitrogens is 3. The van der Waals surface area contributed by atoms with Crippen LogP contribution in [0.25, 0.3) is 21.3 Å². The highest BCUT2D eigenvalue weighted by molar-refractivity contribution is 7.17. The Bertz CT molecular complexity index is 707. The first kappa shape index (κ1) is 11.1. The van der Waals surface area contributed by atoms with Crippen molar-refractivity contribution in [1.29, 1.82) is 0 Å². The molecule has 7 heteroatoms. The van der Waals surface area contributed by atoms with Crippen molar-refractivity contribution in [2.24, 2.45) is 0 Å². The number of phenolic OH excluding ortho intramolecular Hbond substituents is 1. The van der Waals surface area contributed by atoms with Crippen LogP contribution < -0.4 is 0 Å². The van der Waals surface area contributed by atoms with Gasteiger partial charge in [0.25, 0.3) is 0 Å². The fourth-order valence-electron chi connectivity index (χ4n) is 1.71. The number of benzene rings is 1. The molecule has 0 aliphatic rings. The fraction of sp³-hybridized carbons (Fsp3) is 0.0909. The molecule has 0 saturated carbocycles. The zero-order valence-corrected chi connectivity index (χ0v) is 9.73. The van der Waals surface area contributed by atoms with Gasteiger partial charge in [-0.2, -0.15) is 13.9 Å². The standard InChI is InChI=1S/C11H7F2N3OS/c12-11(13)16-4-7(3-15-16)6-1-8-10(9(17)2-6)18-5-14-8/h1-5,11,17H. The second-order valence-corrected chi connectivity index (χ2v) is 4.54. The predicted octanol–water partition coefficient (Wildman–Crippen LogP) is 3.26. The fourth-order valence-corrected chi connectivity index (χ4v) is 2.40. The van der Waals surface area contributed by atoms with Crippen LogP contribution in [0.3, 0.4) is 0 Å². The number of thiazole rings is 1. The van der Waals surface area contributed by atoms with Gasteiger partial charge in [0.2, 0.25) is 0 Å². The van der Waals surface area contributed by atoms with Crippen LogP contribution in [0.15, 0.2) is 30.0 Å². The summed E-state index contributed by atoms with van der Waals surface area (Å²) in [4.78, 5) is 4.09. The Labute approximate surface area is 104 Å². The molecule has 0 aliphatic heterocycles. The minimum Gasteiger partial charge on any atom is -0.506 e. The minimum absolute atomic E-state index is 0.0924. The molecule has 18 heavy (non-hydrogen) atoms. The van der Waals surface area contributed by atoms with Crippen molar-refractivity contribution in [2.75, 3.05) is 0 Å². The Morgan fingerprint density at radius 3 is 2.83 bits per heavy atom. The molecule has 4 nitrogen and oxygen atoms in total. The SMILES string of the molecule is Oc1cc(-c2cnn(C(F)F)c2)cc2ncsc12. The van der Waals surface area contributed by atoms with Crippen molar-refractivity contribution in [3.8, 4) is 16.9 Å². The van der Waals surface area contributed by atoms with E-state index in [0.717, 1.165) is 0 Å². The maximum absolute atomic E-state index is 12.4. The van der Waals surface area contributed by atoms with Gasteiger partial charge in [-0.15, -0.1) is 11.3 Å². The molecule has 0 saturated heterocycles. The van der Waals surface area contributed by atoms with Crippen molar-refractivity contribution >= 4 is 21.6 Å². The van der Waals surface area contributed by atoms with Gasteiger partial charge >= 0.3 is 6.55 Å². The molecule has 0 spiro atoms. The van der Waals surface area contributed by atoms with Crippen LogP contribution in [0.2, 0.25) is 0 Å². The number of nitrogens with zero attached hydrogens (tertiary/aromatic N) is 3. The van der Waals surface area contributed by atoms with Crippen LogP contribution in [0.4, 0.5) is 8.78 Å². The van der Waals surface area contributed by atoms with Gasteiger partial charge in [-0.05, 0) is 17.7 Å². The van der Waals surface area contributed by atoms with E-state index in [4.69, 9.17) is 0 Å². The summed E-state index contributed by atoms with van der Waals surface area (Å²) in [6.07, 6.45) is 2.57. The summed E-state index contributed by atoms with van der Waals surface area (Å²) in [7, 11) is 0. The molecule has 0 bridgehead atoms. The molecule has 2 aromatic heterocycles. The van der Waals surface area contributed by atoms with Crippen LogP contribution >= 0.6 is 11.3 Å². The molecule has 0 atom stereocenters. The predicted molar refractivity (Wildman–Crippen MR) is 63.8 cm³/mol. The number of phenols is 1. The van der Waals surface area contributed by atoms with Gasteiger partial charge < -0.3 is 5.11 Å². The molecular weight excluding hydrogens is 260 g/mol. The molecular formula is C11H7F2N3OS. The number of hydrogen-bond donors (Lipinski definition) is 1. The van der Waals surface area contributed by atoms with Gasteiger partial charge in [-0.25, -0.2) is 9.67 Å². The topological polar surface area (TPSA) is 50.9 Å². The number of hydrogen-bond acceptors (Lipinski definition) is 4. The van der Waals surface area contributed by atoms with Crippen LogP contribution in [0, 0.1) is 0 Å². The molecule has 0 unspecified atom stereocenters. The normalized spacial score (nSPS) is 11.5. The highest BCUT2D eigenvalue weighted by Crippen LogP contribution is 2.33. The van der Waals surface area contributed by atoms with Gasteiger partial charge in [0, 0.05) is 11.8 Å². The van der Waals surface area contributed by atoms with E-state index in [1.165, 1.54) is 29.8 Å². The van der Waals surface area contributed by atoms with Crippen LogP contribution in [-0.4, -0.2) is 19.9 Å². The van der Waals surface area contributed by atoms with Gasteiger partial charge in [0.05, 0.1) is 21.9 Å². The molecule has 0 radical (unpaired) electrons.